The molecule has 0 radical (unpaired) electrons. The number of benzene rings is 1. The first-order valence-electron chi connectivity index (χ1n) is 6.18. The van der Waals surface area contributed by atoms with Gasteiger partial charge in [0, 0.05) is 24.8 Å². The molecule has 0 bridgehead atoms. The van der Waals surface area contributed by atoms with Gasteiger partial charge in [0.2, 0.25) is 0 Å². The zero-order valence-electron chi connectivity index (χ0n) is 11.4. The van der Waals surface area contributed by atoms with Crippen LogP contribution in [0.5, 0.6) is 0 Å². The Balaban J connectivity index is 2.46. The maximum Gasteiger partial charge on any atom is 0.141 e. The molecule has 0 atom stereocenters. The first kappa shape index (κ1) is 13.5. The number of nitrogens with zero attached hydrogens (tertiary/aromatic N) is 2. The van der Waals surface area contributed by atoms with Crippen LogP contribution in [0, 0.1) is 19.7 Å². The summed E-state index contributed by atoms with van der Waals surface area (Å²) in [5.41, 5.74) is 9.76. The van der Waals surface area contributed by atoms with Gasteiger partial charge in [-0.25, -0.2) is 9.37 Å². The van der Waals surface area contributed by atoms with E-state index in [-0.39, 0.29) is 12.4 Å². The van der Waals surface area contributed by atoms with Crippen LogP contribution in [0.3, 0.4) is 0 Å². The van der Waals surface area contributed by atoms with Gasteiger partial charge in [-0.15, -0.1) is 0 Å². The Hall–Kier alpha value is -1.94. The van der Waals surface area contributed by atoms with Crippen molar-refractivity contribution in [1.29, 1.82) is 0 Å². The number of pyridine rings is 1. The van der Waals surface area contributed by atoms with Crippen LogP contribution in [0.1, 0.15) is 16.7 Å². The molecule has 0 fully saturated rings. The van der Waals surface area contributed by atoms with Crippen molar-refractivity contribution in [2.24, 2.45) is 5.73 Å². The minimum atomic E-state index is -0.363. The SMILES string of the molecule is Cc1ccc(N(C)c2ncc(F)cc2CN)c(C)c1. The highest BCUT2D eigenvalue weighted by Gasteiger charge is 2.13. The van der Waals surface area contributed by atoms with Gasteiger partial charge in [0.05, 0.1) is 6.20 Å². The Morgan fingerprint density at radius 3 is 2.63 bits per heavy atom. The molecule has 2 N–H and O–H groups in total. The molecule has 0 aliphatic rings. The van der Waals surface area contributed by atoms with Gasteiger partial charge in [0.25, 0.3) is 0 Å². The monoisotopic (exact) mass is 259 g/mol. The lowest BCUT2D eigenvalue weighted by Crippen LogP contribution is -2.16. The van der Waals surface area contributed by atoms with E-state index in [0.29, 0.717) is 11.4 Å². The predicted molar refractivity (Wildman–Crippen MR) is 76.1 cm³/mol. The van der Waals surface area contributed by atoms with Crippen LogP contribution in [0.4, 0.5) is 15.9 Å². The molecule has 0 saturated heterocycles. The summed E-state index contributed by atoms with van der Waals surface area (Å²) in [4.78, 5) is 6.10. The molecule has 1 aromatic heterocycles. The third-order valence-electron chi connectivity index (χ3n) is 3.16. The first-order valence-corrected chi connectivity index (χ1v) is 6.18. The van der Waals surface area contributed by atoms with Crippen molar-refractivity contribution >= 4 is 11.5 Å². The van der Waals surface area contributed by atoms with E-state index in [1.807, 2.05) is 31.0 Å². The molecule has 0 spiro atoms. The zero-order chi connectivity index (χ0) is 14.0. The molecule has 1 heterocycles. The smallest absolute Gasteiger partial charge is 0.141 e. The molecule has 0 amide bonds. The fourth-order valence-corrected chi connectivity index (χ4v) is 2.22. The van der Waals surface area contributed by atoms with Crippen molar-refractivity contribution in [1.82, 2.24) is 4.98 Å². The molecule has 2 aromatic rings. The molecule has 0 aliphatic carbocycles. The van der Waals surface area contributed by atoms with E-state index in [2.05, 4.69) is 18.0 Å². The summed E-state index contributed by atoms with van der Waals surface area (Å²) in [5.74, 6) is 0.328. The fourth-order valence-electron chi connectivity index (χ4n) is 2.22. The van der Waals surface area contributed by atoms with E-state index in [0.717, 1.165) is 11.3 Å². The lowest BCUT2D eigenvalue weighted by atomic mass is 10.1. The maximum absolute atomic E-state index is 13.2. The van der Waals surface area contributed by atoms with Crippen molar-refractivity contribution in [3.05, 3.63) is 53.0 Å². The predicted octanol–water partition coefficient (Wildman–Crippen LogP) is 3.06. The van der Waals surface area contributed by atoms with E-state index in [1.165, 1.54) is 17.8 Å². The van der Waals surface area contributed by atoms with Gasteiger partial charge in [-0.1, -0.05) is 17.7 Å². The highest BCUT2D eigenvalue weighted by Crippen LogP contribution is 2.28. The van der Waals surface area contributed by atoms with Crippen LogP contribution < -0.4 is 10.6 Å². The van der Waals surface area contributed by atoms with Gasteiger partial charge in [-0.2, -0.15) is 0 Å². The third-order valence-corrected chi connectivity index (χ3v) is 3.16. The van der Waals surface area contributed by atoms with Gasteiger partial charge in [0.15, 0.2) is 0 Å². The number of aryl methyl sites for hydroxylation is 2. The van der Waals surface area contributed by atoms with Gasteiger partial charge in [-0.05, 0) is 31.5 Å². The quantitative estimate of drug-likeness (QED) is 0.921. The maximum atomic E-state index is 13.2. The van der Waals surface area contributed by atoms with Crippen LogP contribution >= 0.6 is 0 Å². The van der Waals surface area contributed by atoms with Gasteiger partial charge in [0.1, 0.15) is 11.6 Å². The summed E-state index contributed by atoms with van der Waals surface area (Å²) in [6.07, 6.45) is 1.22. The van der Waals surface area contributed by atoms with Gasteiger partial charge >= 0.3 is 0 Å². The van der Waals surface area contributed by atoms with Crippen LogP contribution in [0.2, 0.25) is 0 Å². The van der Waals surface area contributed by atoms with Crippen molar-refractivity contribution in [2.45, 2.75) is 20.4 Å². The summed E-state index contributed by atoms with van der Waals surface area (Å²) < 4.78 is 13.2. The number of hydrogen-bond acceptors (Lipinski definition) is 3. The van der Waals surface area contributed by atoms with Crippen molar-refractivity contribution in [2.75, 3.05) is 11.9 Å². The van der Waals surface area contributed by atoms with Crippen molar-refractivity contribution in [3.8, 4) is 0 Å². The second-order valence-electron chi connectivity index (χ2n) is 4.69. The van der Waals surface area contributed by atoms with Crippen LogP contribution in [0.25, 0.3) is 0 Å². The van der Waals surface area contributed by atoms with Gasteiger partial charge < -0.3 is 10.6 Å². The van der Waals surface area contributed by atoms with E-state index >= 15 is 0 Å². The summed E-state index contributed by atoms with van der Waals surface area (Å²) in [7, 11) is 1.91. The molecule has 0 aliphatic heterocycles. The first-order chi connectivity index (χ1) is 9.02. The molecule has 0 saturated carbocycles. The largest absolute Gasteiger partial charge is 0.329 e. The summed E-state index contributed by atoms with van der Waals surface area (Å²) in [6.45, 7) is 4.36. The summed E-state index contributed by atoms with van der Waals surface area (Å²) in [6, 6.07) is 7.63. The third kappa shape index (κ3) is 2.74. The second kappa shape index (κ2) is 5.36. The van der Waals surface area contributed by atoms with E-state index < -0.39 is 0 Å². The Morgan fingerprint density at radius 1 is 1.26 bits per heavy atom. The molecular formula is C15H18FN3. The molecular weight excluding hydrogens is 241 g/mol. The number of hydrogen-bond donors (Lipinski definition) is 1. The molecule has 0 unspecified atom stereocenters. The Bertz CT molecular complexity index is 596. The molecule has 100 valence electrons. The number of nitrogens with two attached hydrogens (primary N) is 1. The van der Waals surface area contributed by atoms with Crippen LogP contribution in [-0.4, -0.2) is 12.0 Å². The standard InChI is InChI=1S/C15H18FN3/c1-10-4-5-14(11(2)6-10)19(3)15-12(8-17)7-13(16)9-18-15/h4-7,9H,8,17H2,1-3H3. The molecule has 1 aromatic carbocycles. The van der Waals surface area contributed by atoms with Crippen molar-refractivity contribution < 1.29 is 4.39 Å². The highest BCUT2D eigenvalue weighted by atomic mass is 19.1. The average Bonchev–Trinajstić information content (AvgIpc) is 2.37. The number of aromatic nitrogens is 1. The van der Waals surface area contributed by atoms with E-state index in [1.54, 1.807) is 0 Å². The molecule has 2 rings (SSSR count). The van der Waals surface area contributed by atoms with Crippen LogP contribution in [0.15, 0.2) is 30.5 Å². The lowest BCUT2D eigenvalue weighted by Gasteiger charge is -2.23. The topological polar surface area (TPSA) is 42.2 Å². The van der Waals surface area contributed by atoms with E-state index in [9.17, 15) is 4.39 Å². The van der Waals surface area contributed by atoms with Crippen molar-refractivity contribution in [3.63, 3.8) is 0 Å². The second-order valence-corrected chi connectivity index (χ2v) is 4.69. The highest BCUT2D eigenvalue weighted by molar-refractivity contribution is 5.65. The van der Waals surface area contributed by atoms with E-state index in [4.69, 9.17) is 5.73 Å². The molecule has 4 heteroatoms. The number of anilines is 2. The minimum absolute atomic E-state index is 0.259. The Morgan fingerprint density at radius 2 is 2.00 bits per heavy atom. The normalized spacial score (nSPS) is 10.6. The lowest BCUT2D eigenvalue weighted by molar-refractivity contribution is 0.618. The number of rotatable bonds is 3. The number of halogens is 1. The van der Waals surface area contributed by atoms with Gasteiger partial charge in [-0.3, -0.25) is 0 Å². The summed E-state index contributed by atoms with van der Waals surface area (Å²) >= 11 is 0. The molecule has 3 nitrogen and oxygen atoms in total. The average molecular weight is 259 g/mol. The molecule has 19 heavy (non-hydrogen) atoms. The zero-order valence-corrected chi connectivity index (χ0v) is 11.4. The Kier molecular flexibility index (Phi) is 3.81. The summed E-state index contributed by atoms with van der Waals surface area (Å²) in [5, 5.41) is 0. The fraction of sp³-hybridized carbons (Fsp3) is 0.267. The van der Waals surface area contributed by atoms with Crippen LogP contribution in [-0.2, 0) is 6.54 Å². The Labute approximate surface area is 112 Å². The minimum Gasteiger partial charge on any atom is -0.329 e.